The van der Waals surface area contributed by atoms with E-state index in [1.807, 2.05) is 30.3 Å². The first-order valence-electron chi connectivity index (χ1n) is 8.20. The van der Waals surface area contributed by atoms with Crippen molar-refractivity contribution in [3.63, 3.8) is 0 Å². The molecule has 1 fully saturated rings. The lowest BCUT2D eigenvalue weighted by molar-refractivity contribution is 0.101. The molecule has 7 nitrogen and oxygen atoms in total. The van der Waals surface area contributed by atoms with Gasteiger partial charge in [-0.1, -0.05) is 35.5 Å². The standard InChI is InChI=1S/C18H17N5O2/c24-17(15-10-16(25-22-15)13-6-2-1-3-7-13)21-14-11-19-18(20-12-14)23-8-4-5-9-23/h1-3,6-7,10-12H,4-5,8-9H2,(H,21,24). The van der Waals surface area contributed by atoms with E-state index in [0.29, 0.717) is 17.4 Å². The molecule has 4 rings (SSSR count). The highest BCUT2D eigenvalue weighted by atomic mass is 16.5. The zero-order valence-electron chi connectivity index (χ0n) is 13.6. The van der Waals surface area contributed by atoms with Gasteiger partial charge in [0, 0.05) is 24.7 Å². The van der Waals surface area contributed by atoms with Crippen LogP contribution in [-0.4, -0.2) is 34.1 Å². The van der Waals surface area contributed by atoms with Gasteiger partial charge in [-0.25, -0.2) is 9.97 Å². The number of carbonyl (C=O) groups excluding carboxylic acids is 1. The van der Waals surface area contributed by atoms with Crippen LogP contribution >= 0.6 is 0 Å². The summed E-state index contributed by atoms with van der Waals surface area (Å²) >= 11 is 0. The number of anilines is 2. The van der Waals surface area contributed by atoms with E-state index in [1.165, 1.54) is 0 Å². The molecule has 126 valence electrons. The molecule has 1 amide bonds. The Bertz CT molecular complexity index is 855. The zero-order valence-corrected chi connectivity index (χ0v) is 13.6. The second-order valence-electron chi connectivity index (χ2n) is 5.86. The fourth-order valence-corrected chi connectivity index (χ4v) is 2.78. The second-order valence-corrected chi connectivity index (χ2v) is 5.86. The lowest BCUT2D eigenvalue weighted by atomic mass is 10.1. The third-order valence-corrected chi connectivity index (χ3v) is 4.09. The van der Waals surface area contributed by atoms with E-state index in [2.05, 4.69) is 25.3 Å². The van der Waals surface area contributed by atoms with E-state index < -0.39 is 0 Å². The molecule has 1 aliphatic rings. The normalized spacial score (nSPS) is 13.8. The maximum Gasteiger partial charge on any atom is 0.277 e. The van der Waals surface area contributed by atoms with Gasteiger partial charge in [-0.05, 0) is 12.8 Å². The molecule has 1 N–H and O–H groups in total. The Morgan fingerprint density at radius 3 is 2.52 bits per heavy atom. The van der Waals surface area contributed by atoms with Crippen molar-refractivity contribution in [1.29, 1.82) is 0 Å². The van der Waals surface area contributed by atoms with Crippen molar-refractivity contribution in [3.05, 3.63) is 54.5 Å². The Labute approximate surface area is 144 Å². The summed E-state index contributed by atoms with van der Waals surface area (Å²) < 4.78 is 5.25. The van der Waals surface area contributed by atoms with E-state index in [1.54, 1.807) is 18.5 Å². The molecule has 3 aromatic rings. The number of nitrogens with zero attached hydrogens (tertiary/aromatic N) is 4. The molecule has 7 heteroatoms. The summed E-state index contributed by atoms with van der Waals surface area (Å²) in [6.45, 7) is 1.96. The van der Waals surface area contributed by atoms with Crippen molar-refractivity contribution in [2.24, 2.45) is 0 Å². The summed E-state index contributed by atoms with van der Waals surface area (Å²) in [4.78, 5) is 23.1. The minimum absolute atomic E-state index is 0.211. The number of carbonyl (C=O) groups is 1. The van der Waals surface area contributed by atoms with Crippen LogP contribution in [0.5, 0.6) is 0 Å². The monoisotopic (exact) mass is 335 g/mol. The van der Waals surface area contributed by atoms with Gasteiger partial charge in [-0.2, -0.15) is 0 Å². The molecular weight excluding hydrogens is 318 g/mol. The first-order valence-corrected chi connectivity index (χ1v) is 8.20. The smallest absolute Gasteiger partial charge is 0.277 e. The zero-order chi connectivity index (χ0) is 17.1. The first kappa shape index (κ1) is 15.3. The molecule has 2 aromatic heterocycles. The third-order valence-electron chi connectivity index (χ3n) is 4.09. The van der Waals surface area contributed by atoms with Crippen LogP contribution in [0.4, 0.5) is 11.6 Å². The van der Waals surface area contributed by atoms with E-state index in [-0.39, 0.29) is 11.6 Å². The van der Waals surface area contributed by atoms with E-state index in [9.17, 15) is 4.79 Å². The lowest BCUT2D eigenvalue weighted by Gasteiger charge is -2.14. The molecule has 0 radical (unpaired) electrons. The number of benzene rings is 1. The molecule has 0 spiro atoms. The van der Waals surface area contributed by atoms with Gasteiger partial charge in [-0.15, -0.1) is 0 Å². The summed E-state index contributed by atoms with van der Waals surface area (Å²) in [5.41, 5.74) is 1.60. The van der Waals surface area contributed by atoms with Crippen molar-refractivity contribution in [2.75, 3.05) is 23.3 Å². The summed E-state index contributed by atoms with van der Waals surface area (Å²) in [6.07, 6.45) is 5.54. The number of amides is 1. The van der Waals surface area contributed by atoms with Gasteiger partial charge in [0.2, 0.25) is 5.95 Å². The molecule has 3 heterocycles. The summed E-state index contributed by atoms with van der Waals surface area (Å²) in [7, 11) is 0. The lowest BCUT2D eigenvalue weighted by Crippen LogP contribution is -2.20. The van der Waals surface area contributed by atoms with Gasteiger partial charge >= 0.3 is 0 Å². The number of hydrogen-bond acceptors (Lipinski definition) is 6. The average molecular weight is 335 g/mol. The van der Waals surface area contributed by atoms with Crippen molar-refractivity contribution >= 4 is 17.5 Å². The highest BCUT2D eigenvalue weighted by molar-refractivity contribution is 6.03. The third kappa shape index (κ3) is 3.35. The molecule has 0 unspecified atom stereocenters. The summed E-state index contributed by atoms with van der Waals surface area (Å²) in [6, 6.07) is 11.1. The topological polar surface area (TPSA) is 84.2 Å². The number of hydrogen-bond donors (Lipinski definition) is 1. The van der Waals surface area contributed by atoms with E-state index in [4.69, 9.17) is 4.52 Å². The number of rotatable bonds is 4. The van der Waals surface area contributed by atoms with Crippen molar-refractivity contribution in [1.82, 2.24) is 15.1 Å². The fraction of sp³-hybridized carbons (Fsp3) is 0.222. The summed E-state index contributed by atoms with van der Waals surface area (Å²) in [5.74, 6) is 0.887. The molecule has 0 saturated carbocycles. The quantitative estimate of drug-likeness (QED) is 0.789. The predicted molar refractivity (Wildman–Crippen MR) is 93.4 cm³/mol. The number of aromatic nitrogens is 3. The molecule has 0 atom stereocenters. The minimum atomic E-state index is -0.358. The van der Waals surface area contributed by atoms with Crippen LogP contribution < -0.4 is 10.2 Å². The van der Waals surface area contributed by atoms with Crippen LogP contribution in [0.25, 0.3) is 11.3 Å². The van der Waals surface area contributed by atoms with Gasteiger partial charge in [0.25, 0.3) is 5.91 Å². The number of nitrogens with one attached hydrogen (secondary N) is 1. The second kappa shape index (κ2) is 6.72. The molecule has 1 aromatic carbocycles. The average Bonchev–Trinajstić information content (AvgIpc) is 3.35. The van der Waals surface area contributed by atoms with Crippen LogP contribution in [-0.2, 0) is 0 Å². The molecular formula is C18H17N5O2. The van der Waals surface area contributed by atoms with Gasteiger partial charge in [0.05, 0.1) is 18.1 Å². The van der Waals surface area contributed by atoms with Gasteiger partial charge < -0.3 is 14.7 Å². The van der Waals surface area contributed by atoms with E-state index >= 15 is 0 Å². The largest absolute Gasteiger partial charge is 0.355 e. The minimum Gasteiger partial charge on any atom is -0.355 e. The van der Waals surface area contributed by atoms with Crippen LogP contribution in [0.1, 0.15) is 23.3 Å². The predicted octanol–water partition coefficient (Wildman–Crippen LogP) is 2.98. The van der Waals surface area contributed by atoms with Gasteiger partial charge in [-0.3, -0.25) is 4.79 Å². The Hall–Kier alpha value is -3.22. The summed E-state index contributed by atoms with van der Waals surface area (Å²) in [5, 5.41) is 6.57. The SMILES string of the molecule is O=C(Nc1cnc(N2CCCC2)nc1)c1cc(-c2ccccc2)on1. The Kier molecular flexibility index (Phi) is 4.12. The molecule has 0 aliphatic carbocycles. The van der Waals surface area contributed by atoms with Crippen molar-refractivity contribution in [2.45, 2.75) is 12.8 Å². The van der Waals surface area contributed by atoms with Crippen LogP contribution in [0.3, 0.4) is 0 Å². The van der Waals surface area contributed by atoms with Gasteiger partial charge in [0.1, 0.15) is 0 Å². The Morgan fingerprint density at radius 2 is 1.80 bits per heavy atom. The van der Waals surface area contributed by atoms with Gasteiger partial charge in [0.15, 0.2) is 11.5 Å². The van der Waals surface area contributed by atoms with Crippen molar-refractivity contribution < 1.29 is 9.32 Å². The fourth-order valence-electron chi connectivity index (χ4n) is 2.78. The Balaban J connectivity index is 1.44. The maximum atomic E-state index is 12.3. The Morgan fingerprint density at radius 1 is 1.08 bits per heavy atom. The highest BCUT2D eigenvalue weighted by Gasteiger charge is 2.16. The maximum absolute atomic E-state index is 12.3. The molecule has 0 bridgehead atoms. The highest BCUT2D eigenvalue weighted by Crippen LogP contribution is 2.20. The first-order chi connectivity index (χ1) is 12.3. The van der Waals surface area contributed by atoms with Crippen molar-refractivity contribution in [3.8, 4) is 11.3 Å². The molecule has 1 aliphatic heterocycles. The van der Waals surface area contributed by atoms with E-state index in [0.717, 1.165) is 31.5 Å². The molecule has 25 heavy (non-hydrogen) atoms. The van der Waals surface area contributed by atoms with Crippen LogP contribution in [0.15, 0.2) is 53.3 Å². The van der Waals surface area contributed by atoms with Crippen LogP contribution in [0.2, 0.25) is 0 Å². The molecule has 1 saturated heterocycles. The van der Waals surface area contributed by atoms with Crippen LogP contribution in [0, 0.1) is 0 Å².